The Kier molecular flexibility index (Phi) is 1.74. The van der Waals surface area contributed by atoms with E-state index in [9.17, 15) is 8.78 Å². The van der Waals surface area contributed by atoms with Gasteiger partial charge in [0, 0.05) is 17.9 Å². The summed E-state index contributed by atoms with van der Waals surface area (Å²) in [7, 11) is 0. The van der Waals surface area contributed by atoms with Crippen LogP contribution in [0.15, 0.2) is 12.4 Å². The average Bonchev–Trinajstić information content (AvgIpc) is 2.11. The summed E-state index contributed by atoms with van der Waals surface area (Å²) in [6.45, 7) is 5.64. The Morgan fingerprint density at radius 1 is 1.09 bits per heavy atom. The van der Waals surface area contributed by atoms with Crippen LogP contribution in [0.2, 0.25) is 0 Å². The van der Waals surface area contributed by atoms with Gasteiger partial charge in [-0.2, -0.15) is 0 Å². The van der Waals surface area contributed by atoms with Crippen molar-refractivity contribution < 1.29 is 8.78 Å². The molecule has 0 radical (unpaired) electrons. The molecule has 3 heteroatoms. The zero-order chi connectivity index (χ0) is 8.65. The highest BCUT2D eigenvalue weighted by atomic mass is 19.2. The molecule has 1 rings (SSSR count). The first-order chi connectivity index (χ1) is 4.91. The minimum atomic E-state index is -0.792. The monoisotopic (exact) mass is 159 g/mol. The van der Waals surface area contributed by atoms with Crippen LogP contribution >= 0.6 is 0 Å². The number of aromatic nitrogens is 1. The Labute approximate surface area is 64.6 Å². The van der Waals surface area contributed by atoms with E-state index in [1.54, 1.807) is 0 Å². The van der Waals surface area contributed by atoms with E-state index in [0.717, 1.165) is 12.4 Å². The largest absolute Gasteiger partial charge is 0.343 e. The molecule has 1 aromatic heterocycles. The van der Waals surface area contributed by atoms with Gasteiger partial charge in [-0.25, -0.2) is 8.78 Å². The van der Waals surface area contributed by atoms with E-state index in [1.165, 1.54) is 4.57 Å². The van der Waals surface area contributed by atoms with E-state index in [4.69, 9.17) is 0 Å². The second-order valence-corrected chi connectivity index (χ2v) is 3.53. The van der Waals surface area contributed by atoms with Gasteiger partial charge in [0.25, 0.3) is 0 Å². The van der Waals surface area contributed by atoms with Gasteiger partial charge in [-0.1, -0.05) is 0 Å². The fraction of sp³-hybridized carbons (Fsp3) is 0.500. The van der Waals surface area contributed by atoms with Gasteiger partial charge in [0.2, 0.25) is 0 Å². The zero-order valence-corrected chi connectivity index (χ0v) is 6.86. The van der Waals surface area contributed by atoms with E-state index in [-0.39, 0.29) is 5.54 Å². The van der Waals surface area contributed by atoms with E-state index in [2.05, 4.69) is 0 Å². The van der Waals surface area contributed by atoms with Crippen LogP contribution in [0.4, 0.5) is 8.78 Å². The normalized spacial score (nSPS) is 12.1. The molecular formula is C8H11F2N. The van der Waals surface area contributed by atoms with Crippen LogP contribution < -0.4 is 0 Å². The molecule has 1 aromatic rings. The van der Waals surface area contributed by atoms with E-state index in [0.29, 0.717) is 0 Å². The molecule has 0 aliphatic rings. The first-order valence-electron chi connectivity index (χ1n) is 3.45. The summed E-state index contributed by atoms with van der Waals surface area (Å²) < 4.78 is 26.5. The quantitative estimate of drug-likeness (QED) is 0.548. The third-order valence-corrected chi connectivity index (χ3v) is 1.51. The molecule has 1 heterocycles. The topological polar surface area (TPSA) is 4.93 Å². The van der Waals surface area contributed by atoms with Gasteiger partial charge in [-0.3, -0.25) is 0 Å². The SMILES string of the molecule is CC(C)(C)n1cc(F)c(F)c1. The molecule has 1 nitrogen and oxygen atoms in total. The van der Waals surface area contributed by atoms with Crippen LogP contribution in [-0.2, 0) is 5.54 Å². The van der Waals surface area contributed by atoms with Crippen molar-refractivity contribution in [3.8, 4) is 0 Å². The van der Waals surface area contributed by atoms with Crippen molar-refractivity contribution in [1.82, 2.24) is 4.57 Å². The Hall–Kier alpha value is -0.860. The fourth-order valence-electron chi connectivity index (χ4n) is 0.792. The number of nitrogens with zero attached hydrogens (tertiary/aromatic N) is 1. The maximum atomic E-state index is 12.5. The van der Waals surface area contributed by atoms with Gasteiger partial charge in [0.05, 0.1) is 0 Å². The van der Waals surface area contributed by atoms with Crippen molar-refractivity contribution >= 4 is 0 Å². The summed E-state index contributed by atoms with van der Waals surface area (Å²) in [4.78, 5) is 0. The molecule has 0 bridgehead atoms. The molecule has 0 saturated carbocycles. The zero-order valence-electron chi connectivity index (χ0n) is 6.86. The maximum Gasteiger partial charge on any atom is 0.176 e. The summed E-state index contributed by atoms with van der Waals surface area (Å²) in [5.74, 6) is -1.58. The highest BCUT2D eigenvalue weighted by molar-refractivity contribution is 5.01. The van der Waals surface area contributed by atoms with Crippen LogP contribution in [0.3, 0.4) is 0 Å². The highest BCUT2D eigenvalue weighted by Crippen LogP contribution is 2.17. The van der Waals surface area contributed by atoms with Gasteiger partial charge in [0.15, 0.2) is 11.6 Å². The van der Waals surface area contributed by atoms with Crippen molar-refractivity contribution in [2.75, 3.05) is 0 Å². The molecule has 62 valence electrons. The van der Waals surface area contributed by atoms with Crippen molar-refractivity contribution in [2.45, 2.75) is 26.3 Å². The lowest BCUT2D eigenvalue weighted by Crippen LogP contribution is -2.19. The second-order valence-electron chi connectivity index (χ2n) is 3.53. The standard InChI is InChI=1S/C8H11F2N/c1-8(2,3)11-4-6(9)7(10)5-11/h4-5H,1-3H3. The van der Waals surface area contributed by atoms with Crippen LogP contribution in [0.1, 0.15) is 20.8 Å². The Balaban J connectivity index is 3.08. The third kappa shape index (κ3) is 1.59. The van der Waals surface area contributed by atoms with Gasteiger partial charge < -0.3 is 4.57 Å². The lowest BCUT2D eigenvalue weighted by molar-refractivity contribution is 0.393. The minimum absolute atomic E-state index is 0.259. The summed E-state index contributed by atoms with van der Waals surface area (Å²) in [6.07, 6.45) is 2.32. The second kappa shape index (κ2) is 2.32. The van der Waals surface area contributed by atoms with Gasteiger partial charge in [-0.15, -0.1) is 0 Å². The predicted molar refractivity (Wildman–Crippen MR) is 39.3 cm³/mol. The minimum Gasteiger partial charge on any atom is -0.343 e. The van der Waals surface area contributed by atoms with Crippen LogP contribution in [-0.4, -0.2) is 4.57 Å². The number of hydrogen-bond acceptors (Lipinski definition) is 0. The first kappa shape index (κ1) is 8.24. The van der Waals surface area contributed by atoms with Crippen molar-refractivity contribution in [1.29, 1.82) is 0 Å². The fourth-order valence-corrected chi connectivity index (χ4v) is 0.792. The molecule has 0 saturated heterocycles. The summed E-state index contributed by atoms with van der Waals surface area (Å²) in [5, 5.41) is 0. The van der Waals surface area contributed by atoms with Gasteiger partial charge in [0.1, 0.15) is 0 Å². The molecule has 0 spiro atoms. The third-order valence-electron chi connectivity index (χ3n) is 1.51. The molecule has 0 unspecified atom stereocenters. The van der Waals surface area contributed by atoms with Crippen LogP contribution in [0, 0.1) is 11.6 Å². The smallest absolute Gasteiger partial charge is 0.176 e. The molecule has 0 N–H and O–H groups in total. The van der Waals surface area contributed by atoms with Crippen LogP contribution in [0.25, 0.3) is 0 Å². The first-order valence-corrected chi connectivity index (χ1v) is 3.45. The molecule has 0 amide bonds. The van der Waals surface area contributed by atoms with Gasteiger partial charge >= 0.3 is 0 Å². The van der Waals surface area contributed by atoms with E-state index >= 15 is 0 Å². The van der Waals surface area contributed by atoms with E-state index < -0.39 is 11.6 Å². The number of hydrogen-bond donors (Lipinski definition) is 0. The maximum absolute atomic E-state index is 12.5. The van der Waals surface area contributed by atoms with Crippen molar-refractivity contribution in [3.05, 3.63) is 24.0 Å². The van der Waals surface area contributed by atoms with Gasteiger partial charge in [-0.05, 0) is 20.8 Å². The Morgan fingerprint density at radius 3 is 1.64 bits per heavy atom. The number of halogens is 2. The highest BCUT2D eigenvalue weighted by Gasteiger charge is 2.15. The summed E-state index contributed by atoms with van der Waals surface area (Å²) in [6, 6.07) is 0. The lowest BCUT2D eigenvalue weighted by atomic mass is 10.1. The van der Waals surface area contributed by atoms with Crippen molar-refractivity contribution in [2.24, 2.45) is 0 Å². The Bertz CT molecular complexity index is 238. The summed E-state index contributed by atoms with van der Waals surface area (Å²) in [5.41, 5.74) is -0.259. The molecule has 0 aliphatic heterocycles. The molecular weight excluding hydrogens is 148 g/mol. The molecule has 0 aliphatic carbocycles. The molecule has 0 fully saturated rings. The average molecular weight is 159 g/mol. The van der Waals surface area contributed by atoms with Crippen molar-refractivity contribution in [3.63, 3.8) is 0 Å². The lowest BCUT2D eigenvalue weighted by Gasteiger charge is -2.20. The van der Waals surface area contributed by atoms with Crippen LogP contribution in [0.5, 0.6) is 0 Å². The molecule has 0 aromatic carbocycles. The predicted octanol–water partition coefficient (Wildman–Crippen LogP) is 2.52. The number of rotatable bonds is 0. The van der Waals surface area contributed by atoms with E-state index in [1.807, 2.05) is 20.8 Å². The molecule has 0 atom stereocenters. The Morgan fingerprint density at radius 2 is 1.45 bits per heavy atom. The summed E-state index contributed by atoms with van der Waals surface area (Å²) >= 11 is 0. The molecule has 11 heavy (non-hydrogen) atoms.